The summed E-state index contributed by atoms with van der Waals surface area (Å²) < 4.78 is 5.61. The van der Waals surface area contributed by atoms with Crippen molar-refractivity contribution in [1.29, 1.82) is 0 Å². The largest absolute Gasteiger partial charge is 0.489 e. The van der Waals surface area contributed by atoms with Gasteiger partial charge in [-0.2, -0.15) is 0 Å². The van der Waals surface area contributed by atoms with E-state index in [1.54, 1.807) is 11.4 Å². The van der Waals surface area contributed by atoms with E-state index in [0.29, 0.717) is 5.56 Å². The van der Waals surface area contributed by atoms with E-state index < -0.39 is 11.8 Å². The SMILES string of the molecule is Cc1ccccc1OCc1ccsc1C(=O)C(=O)O. The van der Waals surface area contributed by atoms with Crippen LogP contribution in [0.4, 0.5) is 0 Å². The van der Waals surface area contributed by atoms with Gasteiger partial charge in [-0.05, 0) is 30.0 Å². The van der Waals surface area contributed by atoms with Crippen LogP contribution in [0.5, 0.6) is 5.75 Å². The Bertz CT molecular complexity index is 615. The Morgan fingerprint density at radius 3 is 2.68 bits per heavy atom. The lowest BCUT2D eigenvalue weighted by Gasteiger charge is -2.08. The third kappa shape index (κ3) is 3.00. The molecule has 0 atom stereocenters. The first kappa shape index (κ1) is 13.3. The van der Waals surface area contributed by atoms with E-state index in [9.17, 15) is 9.59 Å². The number of carboxylic acids is 1. The van der Waals surface area contributed by atoms with Gasteiger partial charge in [0.25, 0.3) is 5.78 Å². The van der Waals surface area contributed by atoms with Crippen molar-refractivity contribution in [3.63, 3.8) is 0 Å². The molecule has 19 heavy (non-hydrogen) atoms. The molecule has 2 rings (SSSR count). The number of carbonyl (C=O) groups is 2. The lowest BCUT2D eigenvalue weighted by Crippen LogP contribution is -2.13. The first-order valence-corrected chi connectivity index (χ1v) is 6.50. The van der Waals surface area contributed by atoms with Crippen molar-refractivity contribution in [3.8, 4) is 5.75 Å². The standard InChI is InChI=1S/C14H12O4S/c1-9-4-2-3-5-11(9)18-8-10-6-7-19-13(10)12(15)14(16)17/h2-7H,8H2,1H3,(H,16,17). The van der Waals surface area contributed by atoms with E-state index >= 15 is 0 Å². The highest BCUT2D eigenvalue weighted by molar-refractivity contribution is 7.13. The Morgan fingerprint density at radius 2 is 2.00 bits per heavy atom. The lowest BCUT2D eigenvalue weighted by molar-refractivity contribution is -0.131. The second-order valence-corrected chi connectivity index (χ2v) is 4.88. The number of hydrogen-bond acceptors (Lipinski definition) is 4. The number of benzene rings is 1. The van der Waals surface area contributed by atoms with Crippen LogP contribution in [0, 0.1) is 6.92 Å². The molecule has 0 unspecified atom stereocenters. The monoisotopic (exact) mass is 276 g/mol. The summed E-state index contributed by atoms with van der Waals surface area (Å²) in [4.78, 5) is 22.4. The first-order chi connectivity index (χ1) is 9.09. The number of aryl methyl sites for hydroxylation is 1. The normalized spacial score (nSPS) is 10.2. The van der Waals surface area contributed by atoms with Crippen molar-refractivity contribution in [2.45, 2.75) is 13.5 Å². The maximum Gasteiger partial charge on any atom is 0.378 e. The molecule has 0 radical (unpaired) electrons. The zero-order valence-electron chi connectivity index (χ0n) is 10.3. The van der Waals surface area contributed by atoms with Crippen molar-refractivity contribution in [3.05, 3.63) is 51.7 Å². The van der Waals surface area contributed by atoms with Crippen molar-refractivity contribution in [2.75, 3.05) is 0 Å². The fourth-order valence-electron chi connectivity index (χ4n) is 1.62. The van der Waals surface area contributed by atoms with Crippen LogP contribution in [-0.4, -0.2) is 16.9 Å². The minimum atomic E-state index is -1.44. The molecule has 5 heteroatoms. The summed E-state index contributed by atoms with van der Waals surface area (Å²) in [6.45, 7) is 2.11. The molecule has 1 aromatic heterocycles. The van der Waals surface area contributed by atoms with Crippen molar-refractivity contribution in [2.24, 2.45) is 0 Å². The van der Waals surface area contributed by atoms with Crippen molar-refractivity contribution < 1.29 is 19.4 Å². The quantitative estimate of drug-likeness (QED) is 0.673. The molecule has 4 nitrogen and oxygen atoms in total. The van der Waals surface area contributed by atoms with Gasteiger partial charge in [0.05, 0.1) is 4.88 Å². The van der Waals surface area contributed by atoms with Gasteiger partial charge in [-0.15, -0.1) is 11.3 Å². The van der Waals surface area contributed by atoms with Gasteiger partial charge in [0, 0.05) is 5.56 Å². The molecule has 0 aliphatic heterocycles. The molecule has 2 aromatic rings. The predicted molar refractivity (Wildman–Crippen MR) is 71.8 cm³/mol. The van der Waals surface area contributed by atoms with Crippen LogP contribution >= 0.6 is 11.3 Å². The molecule has 0 saturated heterocycles. The molecule has 1 N–H and O–H groups in total. The van der Waals surface area contributed by atoms with E-state index in [-0.39, 0.29) is 11.5 Å². The maximum absolute atomic E-state index is 11.5. The highest BCUT2D eigenvalue weighted by Crippen LogP contribution is 2.22. The second kappa shape index (κ2) is 5.67. The van der Waals surface area contributed by atoms with Gasteiger partial charge in [-0.1, -0.05) is 18.2 Å². The maximum atomic E-state index is 11.5. The molecule has 0 bridgehead atoms. The van der Waals surface area contributed by atoms with Gasteiger partial charge in [-0.3, -0.25) is 4.79 Å². The van der Waals surface area contributed by atoms with Crippen LogP contribution in [0.25, 0.3) is 0 Å². The molecule has 0 saturated carbocycles. The van der Waals surface area contributed by atoms with Gasteiger partial charge in [0.15, 0.2) is 0 Å². The third-order valence-electron chi connectivity index (χ3n) is 2.62. The van der Waals surface area contributed by atoms with E-state index in [1.807, 2.05) is 31.2 Å². The fourth-order valence-corrected chi connectivity index (χ4v) is 2.46. The molecular formula is C14H12O4S. The van der Waals surface area contributed by atoms with Crippen LogP contribution in [0.1, 0.15) is 20.8 Å². The summed E-state index contributed by atoms with van der Waals surface area (Å²) >= 11 is 1.11. The lowest BCUT2D eigenvalue weighted by atomic mass is 10.2. The number of aliphatic carboxylic acids is 1. The highest BCUT2D eigenvalue weighted by Gasteiger charge is 2.20. The zero-order valence-corrected chi connectivity index (χ0v) is 11.1. The fraction of sp³-hybridized carbons (Fsp3) is 0.143. The van der Waals surface area contributed by atoms with Crippen LogP contribution in [0.3, 0.4) is 0 Å². The second-order valence-electron chi connectivity index (χ2n) is 3.96. The minimum absolute atomic E-state index is 0.183. The average molecular weight is 276 g/mol. The Labute approximate surface area is 114 Å². The van der Waals surface area contributed by atoms with E-state index in [4.69, 9.17) is 9.84 Å². The van der Waals surface area contributed by atoms with Crippen molar-refractivity contribution in [1.82, 2.24) is 0 Å². The molecule has 0 aliphatic rings. The van der Waals surface area contributed by atoms with Crippen LogP contribution < -0.4 is 4.74 Å². The smallest absolute Gasteiger partial charge is 0.378 e. The van der Waals surface area contributed by atoms with E-state index in [1.165, 1.54) is 0 Å². The zero-order chi connectivity index (χ0) is 13.8. The Hall–Kier alpha value is -2.14. The van der Waals surface area contributed by atoms with Gasteiger partial charge >= 0.3 is 5.97 Å². The number of ether oxygens (including phenoxy) is 1. The number of thiophene rings is 1. The molecule has 0 spiro atoms. The van der Waals surface area contributed by atoms with Crippen LogP contribution in [0.15, 0.2) is 35.7 Å². The molecule has 1 heterocycles. The summed E-state index contributed by atoms with van der Waals surface area (Å²) in [5, 5.41) is 10.4. The van der Waals surface area contributed by atoms with Gasteiger partial charge in [0.1, 0.15) is 12.4 Å². The molecule has 1 aromatic carbocycles. The molecule has 0 fully saturated rings. The first-order valence-electron chi connectivity index (χ1n) is 5.62. The molecular weight excluding hydrogens is 264 g/mol. The van der Waals surface area contributed by atoms with E-state index in [0.717, 1.165) is 22.6 Å². The number of para-hydroxylation sites is 1. The number of carbonyl (C=O) groups excluding carboxylic acids is 1. The Morgan fingerprint density at radius 1 is 1.26 bits per heavy atom. The Kier molecular flexibility index (Phi) is 3.97. The molecule has 0 aliphatic carbocycles. The van der Waals surface area contributed by atoms with Gasteiger partial charge < -0.3 is 9.84 Å². The summed E-state index contributed by atoms with van der Waals surface area (Å²) in [5.74, 6) is -1.61. The third-order valence-corrected chi connectivity index (χ3v) is 3.58. The minimum Gasteiger partial charge on any atom is -0.489 e. The number of hydrogen-bond donors (Lipinski definition) is 1. The summed E-state index contributed by atoms with van der Waals surface area (Å²) in [7, 11) is 0. The number of ketones is 1. The van der Waals surface area contributed by atoms with Crippen LogP contribution in [-0.2, 0) is 11.4 Å². The van der Waals surface area contributed by atoms with E-state index in [2.05, 4.69) is 0 Å². The summed E-state index contributed by atoms with van der Waals surface area (Å²) in [6, 6.07) is 9.23. The number of carboxylic acid groups (broad SMARTS) is 1. The number of rotatable bonds is 5. The van der Waals surface area contributed by atoms with Gasteiger partial charge in [-0.25, -0.2) is 4.79 Å². The molecule has 98 valence electrons. The molecule has 0 amide bonds. The highest BCUT2D eigenvalue weighted by atomic mass is 32.1. The topological polar surface area (TPSA) is 63.6 Å². The average Bonchev–Trinajstić information content (AvgIpc) is 2.85. The summed E-state index contributed by atoms with van der Waals surface area (Å²) in [6.07, 6.45) is 0. The summed E-state index contributed by atoms with van der Waals surface area (Å²) in [5.41, 5.74) is 1.59. The number of Topliss-reactive ketones (excluding diaryl/α,β-unsaturated/α-hetero) is 1. The predicted octanol–water partition coefficient (Wildman–Crippen LogP) is 2.90. The van der Waals surface area contributed by atoms with Crippen LogP contribution in [0.2, 0.25) is 0 Å². The van der Waals surface area contributed by atoms with Gasteiger partial charge in [0.2, 0.25) is 0 Å². The van der Waals surface area contributed by atoms with Crippen molar-refractivity contribution >= 4 is 23.1 Å². The Balaban J connectivity index is 2.13.